The van der Waals surface area contributed by atoms with Crippen molar-refractivity contribution >= 4 is 11.7 Å². The molecule has 1 aliphatic rings. The number of carbonyl (C=O) groups is 2. The van der Waals surface area contributed by atoms with E-state index in [9.17, 15) is 9.59 Å². The van der Waals surface area contributed by atoms with Gasteiger partial charge in [0.1, 0.15) is 0 Å². The van der Waals surface area contributed by atoms with E-state index in [-0.39, 0.29) is 23.7 Å². The van der Waals surface area contributed by atoms with Crippen LogP contribution < -0.4 is 0 Å². The summed E-state index contributed by atoms with van der Waals surface area (Å²) in [6.45, 7) is 3.74. The molecule has 2 rings (SSSR count). The molecule has 17 heavy (non-hydrogen) atoms. The van der Waals surface area contributed by atoms with Gasteiger partial charge in [0.25, 0.3) is 5.91 Å². The molecule has 0 aromatic heterocycles. The maximum Gasteiger partial charge on any atom is 0.258 e. The Labute approximate surface area is 101 Å². The summed E-state index contributed by atoms with van der Waals surface area (Å²) in [5.74, 6) is -0.129. The van der Waals surface area contributed by atoms with Gasteiger partial charge in [-0.05, 0) is 25.1 Å². The monoisotopic (exact) mass is 229 g/mol. The zero-order chi connectivity index (χ0) is 12.4. The van der Waals surface area contributed by atoms with Crippen molar-refractivity contribution in [1.29, 1.82) is 0 Å². The van der Waals surface area contributed by atoms with Crippen LogP contribution in [0.15, 0.2) is 42.6 Å². The topological polar surface area (TPSA) is 37.4 Å². The largest absolute Gasteiger partial charge is 0.311 e. The average Bonchev–Trinajstić information content (AvgIpc) is 2.36. The Morgan fingerprint density at radius 2 is 1.82 bits per heavy atom. The van der Waals surface area contributed by atoms with Gasteiger partial charge in [0.05, 0.1) is 0 Å². The lowest BCUT2D eigenvalue weighted by Crippen LogP contribution is -2.43. The van der Waals surface area contributed by atoms with Gasteiger partial charge in [-0.3, -0.25) is 9.59 Å². The number of amides is 1. The molecule has 0 unspecified atom stereocenters. The predicted octanol–water partition coefficient (Wildman–Crippen LogP) is 2.25. The Kier molecular flexibility index (Phi) is 3.09. The fourth-order valence-electron chi connectivity index (χ4n) is 1.90. The Bertz CT molecular complexity index is 464. The number of hydrogen-bond donors (Lipinski definition) is 0. The number of carbonyl (C=O) groups excluding carboxylic acids is 2. The highest BCUT2D eigenvalue weighted by atomic mass is 16.2. The first kappa shape index (κ1) is 11.6. The van der Waals surface area contributed by atoms with Gasteiger partial charge >= 0.3 is 0 Å². The zero-order valence-electron chi connectivity index (χ0n) is 9.96. The summed E-state index contributed by atoms with van der Waals surface area (Å²) in [6, 6.07) is 9.01. The van der Waals surface area contributed by atoms with Crippen LogP contribution in [0.25, 0.3) is 0 Å². The van der Waals surface area contributed by atoms with Crippen molar-refractivity contribution in [3.8, 4) is 0 Å². The Balaban J connectivity index is 2.27. The lowest BCUT2D eigenvalue weighted by molar-refractivity contribution is -0.119. The second-order valence-corrected chi connectivity index (χ2v) is 4.33. The zero-order valence-corrected chi connectivity index (χ0v) is 9.96. The summed E-state index contributed by atoms with van der Waals surface area (Å²) in [7, 11) is 0. The summed E-state index contributed by atoms with van der Waals surface area (Å²) < 4.78 is 0. The van der Waals surface area contributed by atoms with E-state index in [0.29, 0.717) is 5.56 Å². The van der Waals surface area contributed by atoms with E-state index < -0.39 is 0 Å². The van der Waals surface area contributed by atoms with E-state index in [2.05, 4.69) is 0 Å². The lowest BCUT2D eigenvalue weighted by Gasteiger charge is -2.32. The third-order valence-electron chi connectivity index (χ3n) is 3.27. The quantitative estimate of drug-likeness (QED) is 0.740. The SMILES string of the molecule is C[C@H]1C(=O)C=CN(C(=O)c2ccccc2)[C@H]1C. The van der Waals surface area contributed by atoms with Crippen molar-refractivity contribution < 1.29 is 9.59 Å². The molecule has 2 atom stereocenters. The Morgan fingerprint density at radius 3 is 2.47 bits per heavy atom. The van der Waals surface area contributed by atoms with Crippen LogP contribution >= 0.6 is 0 Å². The van der Waals surface area contributed by atoms with Crippen LogP contribution in [0.1, 0.15) is 24.2 Å². The van der Waals surface area contributed by atoms with Crippen LogP contribution in [-0.2, 0) is 4.79 Å². The molecule has 0 aliphatic carbocycles. The van der Waals surface area contributed by atoms with Crippen molar-refractivity contribution in [2.75, 3.05) is 0 Å². The first-order valence-corrected chi connectivity index (χ1v) is 5.71. The molecule has 3 nitrogen and oxygen atoms in total. The van der Waals surface area contributed by atoms with Crippen LogP contribution in [-0.4, -0.2) is 22.6 Å². The van der Waals surface area contributed by atoms with Crippen LogP contribution in [0.5, 0.6) is 0 Å². The Morgan fingerprint density at radius 1 is 1.18 bits per heavy atom. The fourth-order valence-corrected chi connectivity index (χ4v) is 1.90. The van der Waals surface area contributed by atoms with Crippen molar-refractivity contribution in [3.05, 3.63) is 48.2 Å². The molecule has 0 spiro atoms. The maximum absolute atomic E-state index is 12.2. The van der Waals surface area contributed by atoms with Gasteiger partial charge < -0.3 is 4.90 Å². The first-order valence-electron chi connectivity index (χ1n) is 5.71. The lowest BCUT2D eigenvalue weighted by atomic mass is 9.94. The van der Waals surface area contributed by atoms with Gasteiger partial charge in [-0.2, -0.15) is 0 Å². The van der Waals surface area contributed by atoms with Crippen LogP contribution in [0.4, 0.5) is 0 Å². The number of ketones is 1. The van der Waals surface area contributed by atoms with E-state index in [1.165, 1.54) is 6.08 Å². The molecule has 1 aliphatic heterocycles. The third-order valence-corrected chi connectivity index (χ3v) is 3.27. The molecular weight excluding hydrogens is 214 g/mol. The standard InChI is InChI=1S/C14H15NO2/c1-10-11(2)15(9-8-13(10)16)14(17)12-6-4-3-5-7-12/h3-11H,1-2H3/t10-,11+/m1/s1. The molecule has 0 N–H and O–H groups in total. The Hall–Kier alpha value is -1.90. The highest BCUT2D eigenvalue weighted by Crippen LogP contribution is 2.20. The van der Waals surface area contributed by atoms with Gasteiger partial charge in [-0.25, -0.2) is 0 Å². The van der Waals surface area contributed by atoms with Crippen molar-refractivity contribution in [3.63, 3.8) is 0 Å². The van der Waals surface area contributed by atoms with E-state index in [0.717, 1.165) is 0 Å². The number of benzene rings is 1. The maximum atomic E-state index is 12.2. The molecule has 1 aromatic rings. The van der Waals surface area contributed by atoms with Crippen molar-refractivity contribution in [2.45, 2.75) is 19.9 Å². The smallest absolute Gasteiger partial charge is 0.258 e. The highest BCUT2D eigenvalue weighted by Gasteiger charge is 2.30. The van der Waals surface area contributed by atoms with Crippen molar-refractivity contribution in [2.24, 2.45) is 5.92 Å². The van der Waals surface area contributed by atoms with Gasteiger partial charge in [-0.1, -0.05) is 25.1 Å². The number of hydrogen-bond acceptors (Lipinski definition) is 2. The molecule has 0 saturated heterocycles. The summed E-state index contributed by atoms with van der Waals surface area (Å²) in [5, 5.41) is 0. The van der Waals surface area contributed by atoms with Crippen LogP contribution in [0, 0.1) is 5.92 Å². The van der Waals surface area contributed by atoms with E-state index in [4.69, 9.17) is 0 Å². The minimum absolute atomic E-state index is 0.0614. The fraction of sp³-hybridized carbons (Fsp3) is 0.286. The number of allylic oxidation sites excluding steroid dienone is 1. The normalized spacial score (nSPS) is 23.9. The minimum Gasteiger partial charge on any atom is -0.311 e. The number of nitrogens with zero attached hydrogens (tertiary/aromatic N) is 1. The van der Waals surface area contributed by atoms with Gasteiger partial charge in [0.15, 0.2) is 5.78 Å². The molecule has 3 heteroatoms. The molecule has 1 amide bonds. The molecule has 1 heterocycles. The molecule has 0 fully saturated rings. The van der Waals surface area contributed by atoms with E-state index >= 15 is 0 Å². The van der Waals surface area contributed by atoms with E-state index in [1.54, 1.807) is 23.2 Å². The van der Waals surface area contributed by atoms with Gasteiger partial charge in [-0.15, -0.1) is 0 Å². The molecule has 0 bridgehead atoms. The third kappa shape index (κ3) is 2.13. The molecule has 1 aromatic carbocycles. The van der Waals surface area contributed by atoms with Crippen molar-refractivity contribution in [1.82, 2.24) is 4.90 Å². The minimum atomic E-state index is -0.146. The summed E-state index contributed by atoms with van der Waals surface area (Å²) in [5.41, 5.74) is 0.644. The average molecular weight is 229 g/mol. The summed E-state index contributed by atoms with van der Waals surface area (Å²) in [4.78, 5) is 25.3. The molecule has 88 valence electrons. The van der Waals surface area contributed by atoms with E-state index in [1.807, 2.05) is 32.0 Å². The number of rotatable bonds is 1. The second-order valence-electron chi connectivity index (χ2n) is 4.33. The highest BCUT2D eigenvalue weighted by molar-refractivity contribution is 5.99. The van der Waals surface area contributed by atoms with Crippen LogP contribution in [0.2, 0.25) is 0 Å². The van der Waals surface area contributed by atoms with Gasteiger partial charge in [0, 0.05) is 23.7 Å². The first-order chi connectivity index (χ1) is 8.11. The summed E-state index contributed by atoms with van der Waals surface area (Å²) >= 11 is 0. The van der Waals surface area contributed by atoms with Crippen LogP contribution in [0.3, 0.4) is 0 Å². The van der Waals surface area contributed by atoms with Gasteiger partial charge in [0.2, 0.25) is 0 Å². The predicted molar refractivity (Wildman–Crippen MR) is 65.4 cm³/mol. The second kappa shape index (κ2) is 4.53. The summed E-state index contributed by atoms with van der Waals surface area (Å²) in [6.07, 6.45) is 3.06. The molecule has 0 saturated carbocycles. The molecule has 0 radical (unpaired) electrons. The molecular formula is C14H15NO2.